The zero-order valence-corrected chi connectivity index (χ0v) is 19.0. The van der Waals surface area contributed by atoms with Crippen LogP contribution >= 0.6 is 0 Å². The number of alkyl carbamates (subject to hydrolysis) is 1. The fourth-order valence-corrected chi connectivity index (χ4v) is 3.15. The summed E-state index contributed by atoms with van der Waals surface area (Å²) in [5, 5.41) is 5.31. The SMILES string of the molecule is CC(C)(C)OC(=O)NCC(=Cc1ccc2c(c1)NC(=O)C2=O)B1OC(C)(C)C(C)(C)O1. The smallest absolute Gasteiger partial charge is 0.444 e. The van der Waals surface area contributed by atoms with Gasteiger partial charge in [-0.15, -0.1) is 0 Å². The van der Waals surface area contributed by atoms with E-state index in [0.717, 1.165) is 5.56 Å². The fraction of sp³-hybridized carbons (Fsp3) is 0.500. The highest BCUT2D eigenvalue weighted by atomic mass is 16.7. The minimum atomic E-state index is -0.690. The molecule has 3 rings (SSSR count). The van der Waals surface area contributed by atoms with E-state index < -0.39 is 41.7 Å². The van der Waals surface area contributed by atoms with Crippen LogP contribution in [0.2, 0.25) is 0 Å². The molecule has 9 heteroatoms. The van der Waals surface area contributed by atoms with Crippen molar-refractivity contribution in [1.29, 1.82) is 0 Å². The van der Waals surface area contributed by atoms with Crippen LogP contribution in [0.15, 0.2) is 23.7 Å². The number of nitrogens with one attached hydrogen (secondary N) is 2. The summed E-state index contributed by atoms with van der Waals surface area (Å²) in [5.74, 6) is -1.20. The van der Waals surface area contributed by atoms with Gasteiger partial charge in [0.2, 0.25) is 0 Å². The second-order valence-corrected chi connectivity index (χ2v) is 9.75. The number of carbonyl (C=O) groups is 3. The molecule has 1 fully saturated rings. The van der Waals surface area contributed by atoms with E-state index in [-0.39, 0.29) is 6.54 Å². The van der Waals surface area contributed by atoms with Crippen molar-refractivity contribution >= 4 is 36.7 Å². The summed E-state index contributed by atoms with van der Waals surface area (Å²) in [6, 6.07) is 5.04. The van der Waals surface area contributed by atoms with Crippen LogP contribution in [-0.4, -0.2) is 48.2 Å². The Morgan fingerprint density at radius 3 is 2.35 bits per heavy atom. The molecule has 8 nitrogen and oxygen atoms in total. The number of benzene rings is 1. The van der Waals surface area contributed by atoms with Gasteiger partial charge in [-0.2, -0.15) is 0 Å². The standard InChI is InChI=1S/C22H29BN2O6/c1-20(2,3)29-19(28)24-12-14(23-30-21(4,5)22(6,7)31-23)10-13-8-9-15-16(11-13)25-18(27)17(15)26/h8-11H,12H2,1-7H3,(H,24,28)(H,25,26,27). The van der Waals surface area contributed by atoms with Gasteiger partial charge in [0.15, 0.2) is 0 Å². The highest BCUT2D eigenvalue weighted by molar-refractivity contribution is 6.56. The van der Waals surface area contributed by atoms with Gasteiger partial charge in [-0.05, 0) is 71.6 Å². The summed E-state index contributed by atoms with van der Waals surface area (Å²) >= 11 is 0. The summed E-state index contributed by atoms with van der Waals surface area (Å²) in [6.45, 7) is 13.3. The molecule has 2 aliphatic rings. The molecule has 2 aliphatic heterocycles. The van der Waals surface area contributed by atoms with E-state index in [1.165, 1.54) is 0 Å². The normalized spacial score (nSPS) is 19.8. The lowest BCUT2D eigenvalue weighted by atomic mass is 9.77. The Balaban J connectivity index is 1.88. The molecule has 2 heterocycles. The van der Waals surface area contributed by atoms with Crippen molar-refractivity contribution in [3.63, 3.8) is 0 Å². The molecule has 0 aliphatic carbocycles. The first kappa shape index (κ1) is 23.0. The van der Waals surface area contributed by atoms with Gasteiger partial charge in [-0.3, -0.25) is 9.59 Å². The van der Waals surface area contributed by atoms with Gasteiger partial charge in [0, 0.05) is 6.54 Å². The average molecular weight is 428 g/mol. The van der Waals surface area contributed by atoms with E-state index in [1.807, 2.05) is 33.8 Å². The second-order valence-electron chi connectivity index (χ2n) is 9.75. The lowest BCUT2D eigenvalue weighted by Crippen LogP contribution is -2.41. The van der Waals surface area contributed by atoms with E-state index >= 15 is 0 Å². The van der Waals surface area contributed by atoms with Gasteiger partial charge in [0.05, 0.1) is 22.5 Å². The molecule has 0 radical (unpaired) electrons. The van der Waals surface area contributed by atoms with E-state index in [2.05, 4.69) is 10.6 Å². The maximum absolute atomic E-state index is 12.2. The van der Waals surface area contributed by atoms with Crippen molar-refractivity contribution < 1.29 is 28.4 Å². The summed E-state index contributed by atoms with van der Waals surface area (Å²) in [7, 11) is -0.690. The molecule has 0 unspecified atom stereocenters. The molecule has 1 aromatic carbocycles. The van der Waals surface area contributed by atoms with Gasteiger partial charge < -0.3 is 24.7 Å². The minimum absolute atomic E-state index is 0.133. The van der Waals surface area contributed by atoms with Gasteiger partial charge >= 0.3 is 13.2 Å². The zero-order valence-electron chi connectivity index (χ0n) is 19.0. The van der Waals surface area contributed by atoms with Crippen molar-refractivity contribution in [2.75, 3.05) is 11.9 Å². The lowest BCUT2D eigenvalue weighted by Gasteiger charge is -2.32. The van der Waals surface area contributed by atoms with Crippen molar-refractivity contribution in [2.24, 2.45) is 0 Å². The monoisotopic (exact) mass is 428 g/mol. The van der Waals surface area contributed by atoms with E-state index in [9.17, 15) is 14.4 Å². The number of amides is 2. The van der Waals surface area contributed by atoms with E-state index in [0.29, 0.717) is 16.7 Å². The summed E-state index contributed by atoms with van der Waals surface area (Å²) in [5.41, 5.74) is 0.457. The van der Waals surface area contributed by atoms with Crippen LogP contribution in [0.25, 0.3) is 6.08 Å². The first-order valence-corrected chi connectivity index (χ1v) is 10.2. The van der Waals surface area contributed by atoms with Crippen LogP contribution in [-0.2, 0) is 18.8 Å². The zero-order chi connectivity index (χ0) is 23.2. The first-order chi connectivity index (χ1) is 14.2. The van der Waals surface area contributed by atoms with Crippen LogP contribution in [0.4, 0.5) is 10.5 Å². The summed E-state index contributed by atoms with van der Waals surface area (Å²) < 4.78 is 17.6. The average Bonchev–Trinajstić information content (AvgIpc) is 3.01. The molecular formula is C22H29BN2O6. The number of carbonyl (C=O) groups excluding carboxylic acids is 3. The van der Waals surface area contributed by atoms with Crippen molar-refractivity contribution in [3.8, 4) is 0 Å². The van der Waals surface area contributed by atoms with Crippen LogP contribution in [0.5, 0.6) is 0 Å². The number of hydrogen-bond acceptors (Lipinski definition) is 6. The Hall–Kier alpha value is -2.65. The molecule has 31 heavy (non-hydrogen) atoms. The Morgan fingerprint density at radius 2 is 1.77 bits per heavy atom. The van der Waals surface area contributed by atoms with Gasteiger partial charge in [0.1, 0.15) is 5.60 Å². The van der Waals surface area contributed by atoms with E-state index in [1.54, 1.807) is 39.0 Å². The topological polar surface area (TPSA) is 103 Å². The summed E-state index contributed by atoms with van der Waals surface area (Å²) in [6.07, 6.45) is 1.26. The van der Waals surface area contributed by atoms with Gasteiger partial charge in [0.25, 0.3) is 11.7 Å². The number of anilines is 1. The molecule has 166 valence electrons. The van der Waals surface area contributed by atoms with Crippen molar-refractivity contribution in [3.05, 3.63) is 34.8 Å². The maximum Gasteiger partial charge on any atom is 0.492 e. The Kier molecular flexibility index (Phi) is 5.79. The van der Waals surface area contributed by atoms with Crippen LogP contribution in [0.1, 0.15) is 64.4 Å². The Morgan fingerprint density at radius 1 is 1.16 bits per heavy atom. The number of hydrogen-bond donors (Lipinski definition) is 2. The Labute approximate surface area is 182 Å². The predicted molar refractivity (Wildman–Crippen MR) is 118 cm³/mol. The molecular weight excluding hydrogens is 399 g/mol. The minimum Gasteiger partial charge on any atom is -0.444 e. The molecule has 0 spiro atoms. The third-order valence-electron chi connectivity index (χ3n) is 5.49. The van der Waals surface area contributed by atoms with Crippen LogP contribution < -0.4 is 10.6 Å². The fourth-order valence-electron chi connectivity index (χ4n) is 3.15. The molecule has 0 atom stereocenters. The van der Waals surface area contributed by atoms with Gasteiger partial charge in [-0.25, -0.2) is 4.79 Å². The van der Waals surface area contributed by atoms with Gasteiger partial charge in [-0.1, -0.05) is 12.1 Å². The highest BCUT2D eigenvalue weighted by Gasteiger charge is 2.52. The third-order valence-corrected chi connectivity index (χ3v) is 5.49. The molecule has 0 bridgehead atoms. The quantitative estimate of drug-likeness (QED) is 0.563. The number of rotatable bonds is 4. The first-order valence-electron chi connectivity index (χ1n) is 10.2. The molecule has 0 aromatic heterocycles. The highest BCUT2D eigenvalue weighted by Crippen LogP contribution is 2.39. The Bertz CT molecular complexity index is 945. The van der Waals surface area contributed by atoms with Crippen LogP contribution in [0.3, 0.4) is 0 Å². The summed E-state index contributed by atoms with van der Waals surface area (Å²) in [4.78, 5) is 35.7. The number of fused-ring (bicyclic) bond motifs is 1. The van der Waals surface area contributed by atoms with E-state index in [4.69, 9.17) is 14.0 Å². The van der Waals surface area contributed by atoms with Crippen LogP contribution in [0, 0.1) is 0 Å². The molecule has 2 amide bonds. The molecule has 0 saturated carbocycles. The molecule has 1 saturated heterocycles. The lowest BCUT2D eigenvalue weighted by molar-refractivity contribution is -0.112. The molecule has 1 aromatic rings. The number of ketones is 1. The number of ether oxygens (including phenoxy) is 1. The van der Waals surface area contributed by atoms with Crippen molar-refractivity contribution in [2.45, 2.75) is 65.3 Å². The third kappa shape index (κ3) is 4.99. The molecule has 2 N–H and O–H groups in total. The largest absolute Gasteiger partial charge is 0.492 e. The second kappa shape index (κ2) is 7.80. The number of Topliss-reactive ketones (excluding diaryl/α,β-unsaturated/α-hetero) is 1. The van der Waals surface area contributed by atoms with Crippen molar-refractivity contribution in [1.82, 2.24) is 5.32 Å². The maximum atomic E-state index is 12.2. The predicted octanol–water partition coefficient (Wildman–Crippen LogP) is 3.36.